The van der Waals surface area contributed by atoms with Gasteiger partial charge in [0.1, 0.15) is 12.1 Å². The van der Waals surface area contributed by atoms with E-state index in [2.05, 4.69) is 25.5 Å². The minimum atomic E-state index is -4.57. The highest BCUT2D eigenvalue weighted by atomic mass is 19.4. The zero-order valence-electron chi connectivity index (χ0n) is 14.1. The van der Waals surface area contributed by atoms with E-state index in [1.54, 1.807) is 10.9 Å². The number of fused-ring (bicyclic) bond motifs is 1. The van der Waals surface area contributed by atoms with Crippen molar-refractivity contribution in [3.63, 3.8) is 0 Å². The molecule has 0 amide bonds. The van der Waals surface area contributed by atoms with Crippen LogP contribution in [-0.2, 0) is 6.18 Å². The predicted octanol–water partition coefficient (Wildman–Crippen LogP) is 3.50. The largest absolute Gasteiger partial charge is 0.433 e. The lowest BCUT2D eigenvalue weighted by Crippen LogP contribution is -2.15. The third-order valence-corrected chi connectivity index (χ3v) is 4.07. The number of aromatic nitrogens is 6. The summed E-state index contributed by atoms with van der Waals surface area (Å²) in [6.45, 7) is 1.85. The van der Waals surface area contributed by atoms with Gasteiger partial charge in [0.15, 0.2) is 5.69 Å². The maximum absolute atomic E-state index is 13.1. The van der Waals surface area contributed by atoms with Crippen molar-refractivity contribution in [2.24, 2.45) is 0 Å². The third-order valence-electron chi connectivity index (χ3n) is 4.07. The molecule has 0 fully saturated rings. The van der Waals surface area contributed by atoms with Crippen LogP contribution >= 0.6 is 0 Å². The fourth-order valence-corrected chi connectivity index (χ4v) is 2.70. The summed E-state index contributed by atoms with van der Waals surface area (Å²) in [5, 5.41) is 11.1. The van der Waals surface area contributed by atoms with E-state index in [1.165, 1.54) is 4.52 Å². The van der Waals surface area contributed by atoms with Crippen LogP contribution in [-0.4, -0.2) is 29.4 Å². The zero-order valence-corrected chi connectivity index (χ0v) is 14.1. The summed E-state index contributed by atoms with van der Waals surface area (Å²) in [5.74, 6) is 0.0435. The number of nitrogens with zero attached hydrogens (tertiary/aromatic N) is 6. The molecule has 0 aliphatic rings. The van der Waals surface area contributed by atoms with E-state index >= 15 is 0 Å². The number of benzene rings is 1. The Bertz CT molecular complexity index is 1050. The number of anilines is 1. The molecule has 4 rings (SSSR count). The molecule has 7 nitrogen and oxygen atoms in total. The van der Waals surface area contributed by atoms with Crippen molar-refractivity contribution in [1.29, 1.82) is 0 Å². The van der Waals surface area contributed by atoms with Crippen molar-refractivity contribution in [3.8, 4) is 5.69 Å². The molecule has 1 aromatic carbocycles. The summed E-state index contributed by atoms with van der Waals surface area (Å²) in [6.07, 6.45) is 0.104. The molecule has 3 aromatic heterocycles. The van der Waals surface area contributed by atoms with E-state index in [0.29, 0.717) is 0 Å². The molecule has 138 valence electrons. The Hall–Kier alpha value is -3.43. The van der Waals surface area contributed by atoms with Gasteiger partial charge < -0.3 is 5.32 Å². The summed E-state index contributed by atoms with van der Waals surface area (Å²) >= 11 is 0. The van der Waals surface area contributed by atoms with Crippen LogP contribution < -0.4 is 5.32 Å². The average Bonchev–Trinajstić information content (AvgIpc) is 3.32. The average molecular weight is 373 g/mol. The summed E-state index contributed by atoms with van der Waals surface area (Å²) in [6, 6.07) is 10.0. The number of alkyl halides is 3. The molecule has 0 aliphatic carbocycles. The maximum Gasteiger partial charge on any atom is 0.433 e. The number of rotatable bonds is 4. The van der Waals surface area contributed by atoms with Gasteiger partial charge in [-0.05, 0) is 30.7 Å². The zero-order chi connectivity index (χ0) is 19.0. The number of halogens is 3. The molecule has 1 atom stereocenters. The Kier molecular flexibility index (Phi) is 4.02. The van der Waals surface area contributed by atoms with Crippen LogP contribution in [0.4, 0.5) is 19.0 Å². The fraction of sp³-hybridized carbons (Fsp3) is 0.176. The second-order valence-electron chi connectivity index (χ2n) is 5.90. The highest BCUT2D eigenvalue weighted by Gasteiger charge is 2.34. The summed E-state index contributed by atoms with van der Waals surface area (Å²) in [4.78, 5) is 7.27. The molecule has 0 saturated heterocycles. The molecule has 1 unspecified atom stereocenters. The third kappa shape index (κ3) is 3.33. The minimum Gasteiger partial charge on any atom is -0.363 e. The van der Waals surface area contributed by atoms with Crippen molar-refractivity contribution in [1.82, 2.24) is 29.4 Å². The van der Waals surface area contributed by atoms with Gasteiger partial charge >= 0.3 is 6.18 Å². The summed E-state index contributed by atoms with van der Waals surface area (Å²) in [5.41, 5.74) is 0.758. The van der Waals surface area contributed by atoms with Crippen molar-refractivity contribution >= 4 is 11.6 Å². The Labute approximate surface area is 151 Å². The van der Waals surface area contributed by atoms with Gasteiger partial charge in [0, 0.05) is 24.5 Å². The second-order valence-corrected chi connectivity index (χ2v) is 5.90. The lowest BCUT2D eigenvalue weighted by atomic mass is 10.1. The molecule has 0 radical (unpaired) electrons. The Balaban J connectivity index is 1.62. The summed E-state index contributed by atoms with van der Waals surface area (Å²) in [7, 11) is 0. The van der Waals surface area contributed by atoms with E-state index in [4.69, 9.17) is 0 Å². The summed E-state index contributed by atoms with van der Waals surface area (Å²) < 4.78 is 42.2. The first kappa shape index (κ1) is 17.0. The molecule has 4 aromatic rings. The van der Waals surface area contributed by atoms with Crippen LogP contribution in [0.3, 0.4) is 0 Å². The van der Waals surface area contributed by atoms with Crippen LogP contribution in [0.2, 0.25) is 0 Å². The second kappa shape index (κ2) is 6.38. The van der Waals surface area contributed by atoms with Crippen molar-refractivity contribution < 1.29 is 13.2 Å². The van der Waals surface area contributed by atoms with Gasteiger partial charge in [-0.25, -0.2) is 9.67 Å². The normalized spacial score (nSPS) is 13.0. The van der Waals surface area contributed by atoms with Crippen LogP contribution in [0, 0.1) is 0 Å². The quantitative estimate of drug-likeness (QED) is 0.593. The predicted molar refractivity (Wildman–Crippen MR) is 91.4 cm³/mol. The molecule has 0 spiro atoms. The van der Waals surface area contributed by atoms with E-state index < -0.39 is 11.9 Å². The van der Waals surface area contributed by atoms with Crippen LogP contribution in [0.25, 0.3) is 11.5 Å². The van der Waals surface area contributed by atoms with E-state index in [-0.39, 0.29) is 17.6 Å². The van der Waals surface area contributed by atoms with Crippen LogP contribution in [0.15, 0.2) is 55.1 Å². The van der Waals surface area contributed by atoms with Crippen molar-refractivity contribution in [3.05, 3.63) is 66.4 Å². The van der Waals surface area contributed by atoms with Gasteiger partial charge in [0.2, 0.25) is 0 Å². The maximum atomic E-state index is 13.1. The Morgan fingerprint density at radius 2 is 1.89 bits per heavy atom. The van der Waals surface area contributed by atoms with Crippen molar-refractivity contribution in [2.45, 2.75) is 19.1 Å². The molecular formula is C17H14F3N7. The molecule has 10 heteroatoms. The molecular weight excluding hydrogens is 359 g/mol. The smallest absolute Gasteiger partial charge is 0.363 e. The van der Waals surface area contributed by atoms with Gasteiger partial charge in [-0.3, -0.25) is 0 Å². The van der Waals surface area contributed by atoms with E-state index in [1.807, 2.05) is 43.5 Å². The van der Waals surface area contributed by atoms with Gasteiger partial charge in [-0.15, -0.1) is 0 Å². The van der Waals surface area contributed by atoms with Gasteiger partial charge in [-0.1, -0.05) is 12.1 Å². The first-order chi connectivity index (χ1) is 12.9. The van der Waals surface area contributed by atoms with Gasteiger partial charge in [0.25, 0.3) is 5.78 Å². The number of hydrogen-bond acceptors (Lipinski definition) is 5. The number of hydrogen-bond donors (Lipinski definition) is 1. The first-order valence-electron chi connectivity index (χ1n) is 8.06. The monoisotopic (exact) mass is 373 g/mol. The molecule has 0 saturated carbocycles. The molecule has 3 heterocycles. The van der Waals surface area contributed by atoms with Gasteiger partial charge in [-0.2, -0.15) is 32.9 Å². The lowest BCUT2D eigenvalue weighted by Gasteiger charge is -2.17. The topological polar surface area (TPSA) is 72.9 Å². The van der Waals surface area contributed by atoms with E-state index in [0.717, 1.165) is 23.6 Å². The van der Waals surface area contributed by atoms with Crippen LogP contribution in [0.1, 0.15) is 24.2 Å². The standard InChI is InChI=1S/C17H14F3N7/c1-11(12-3-5-13(6-4-12)26-8-2-7-22-26)24-15-9-14(17(18,19)20)25-16-21-10-23-27(15)16/h2-11,24H,1H3. The fourth-order valence-electron chi connectivity index (χ4n) is 2.70. The highest BCUT2D eigenvalue weighted by Crippen LogP contribution is 2.30. The SMILES string of the molecule is CC(Nc1cc(C(F)(F)F)nc2ncnn12)c1ccc(-n2cccn2)cc1. The molecule has 0 aliphatic heterocycles. The van der Waals surface area contributed by atoms with Crippen molar-refractivity contribution in [2.75, 3.05) is 5.32 Å². The van der Waals surface area contributed by atoms with Gasteiger partial charge in [0.05, 0.1) is 5.69 Å². The molecule has 27 heavy (non-hydrogen) atoms. The minimum absolute atomic E-state index is 0.117. The highest BCUT2D eigenvalue weighted by molar-refractivity contribution is 5.47. The van der Waals surface area contributed by atoms with Crippen LogP contribution in [0.5, 0.6) is 0 Å². The first-order valence-corrected chi connectivity index (χ1v) is 8.06. The Morgan fingerprint density at radius 3 is 2.56 bits per heavy atom. The molecule has 0 bridgehead atoms. The number of nitrogens with one attached hydrogen (secondary N) is 1. The lowest BCUT2D eigenvalue weighted by molar-refractivity contribution is -0.141. The van der Waals surface area contributed by atoms with E-state index in [9.17, 15) is 13.2 Å². The molecule has 1 N–H and O–H groups in total. The Morgan fingerprint density at radius 1 is 1.11 bits per heavy atom.